The molecule has 13 heteroatoms. The predicted octanol–water partition coefficient (Wildman–Crippen LogP) is 6.20. The molecule has 3 rings (SSSR count). The molecule has 0 spiro atoms. The first kappa shape index (κ1) is 34.7. The Labute approximate surface area is 260 Å². The summed E-state index contributed by atoms with van der Waals surface area (Å²) in [5, 5.41) is 2.16. The Hall–Kier alpha value is -3.77. The van der Waals surface area contributed by atoms with Crippen LogP contribution in [0.2, 0.25) is 5.02 Å². The third-order valence-corrected chi connectivity index (χ3v) is 8.85. The lowest BCUT2D eigenvalue weighted by molar-refractivity contribution is -0.140. The van der Waals surface area contributed by atoms with Crippen molar-refractivity contribution < 1.29 is 35.9 Å². The maximum absolute atomic E-state index is 14.1. The fraction of sp³-hybridized carbons (Fsp3) is 0.355. The number of sulfonamides is 1. The lowest BCUT2D eigenvalue weighted by atomic mass is 10.1. The number of alkyl halides is 3. The summed E-state index contributed by atoms with van der Waals surface area (Å²) in [7, 11) is -3.10. The fourth-order valence-corrected chi connectivity index (χ4v) is 6.15. The molecule has 0 bridgehead atoms. The van der Waals surface area contributed by atoms with Crippen molar-refractivity contribution in [3.8, 4) is 5.75 Å². The van der Waals surface area contributed by atoms with Crippen LogP contribution in [0.25, 0.3) is 0 Å². The number of nitrogens with one attached hydrogen (secondary N) is 1. The first-order valence-electron chi connectivity index (χ1n) is 13.8. The predicted molar refractivity (Wildman–Crippen MR) is 163 cm³/mol. The summed E-state index contributed by atoms with van der Waals surface area (Å²) in [4.78, 5) is 28.4. The van der Waals surface area contributed by atoms with E-state index in [1.807, 2.05) is 0 Å². The van der Waals surface area contributed by atoms with Crippen LogP contribution in [-0.4, -0.2) is 50.9 Å². The summed E-state index contributed by atoms with van der Waals surface area (Å²) in [6.07, 6.45) is -4.71. The van der Waals surface area contributed by atoms with Crippen molar-refractivity contribution in [3.63, 3.8) is 0 Å². The van der Waals surface area contributed by atoms with E-state index in [2.05, 4.69) is 5.32 Å². The molecule has 0 heterocycles. The van der Waals surface area contributed by atoms with Gasteiger partial charge in [0.05, 0.1) is 28.3 Å². The number of carbonyl (C=O) groups is 2. The van der Waals surface area contributed by atoms with Gasteiger partial charge in [0.2, 0.25) is 11.8 Å². The highest BCUT2D eigenvalue weighted by Gasteiger charge is 2.37. The Morgan fingerprint density at radius 3 is 2.25 bits per heavy atom. The van der Waals surface area contributed by atoms with Gasteiger partial charge in [-0.15, -0.1) is 0 Å². The first-order valence-corrected chi connectivity index (χ1v) is 15.6. The zero-order valence-corrected chi connectivity index (χ0v) is 26.6. The summed E-state index contributed by atoms with van der Waals surface area (Å²) >= 11 is 5.82. The van der Waals surface area contributed by atoms with Gasteiger partial charge < -0.3 is 15.0 Å². The molecule has 0 saturated carbocycles. The average molecular weight is 654 g/mol. The van der Waals surface area contributed by atoms with Gasteiger partial charge in [0, 0.05) is 12.6 Å². The second-order valence-electron chi connectivity index (χ2n) is 10.4. The van der Waals surface area contributed by atoms with Crippen LogP contribution < -0.4 is 14.4 Å². The van der Waals surface area contributed by atoms with Gasteiger partial charge in [0.25, 0.3) is 10.0 Å². The molecule has 2 amide bonds. The van der Waals surface area contributed by atoms with E-state index in [1.54, 1.807) is 52.0 Å². The highest BCUT2D eigenvalue weighted by molar-refractivity contribution is 7.92. The van der Waals surface area contributed by atoms with Crippen LogP contribution in [0.4, 0.5) is 18.9 Å². The van der Waals surface area contributed by atoms with E-state index in [0.29, 0.717) is 21.7 Å². The molecule has 1 N–H and O–H groups in total. The number of hydrogen-bond acceptors (Lipinski definition) is 5. The Kier molecular flexibility index (Phi) is 11.3. The van der Waals surface area contributed by atoms with Gasteiger partial charge in [-0.2, -0.15) is 13.2 Å². The third-order valence-electron chi connectivity index (χ3n) is 6.74. The molecule has 1 unspecified atom stereocenters. The van der Waals surface area contributed by atoms with E-state index in [4.69, 9.17) is 16.3 Å². The van der Waals surface area contributed by atoms with Gasteiger partial charge in [0.1, 0.15) is 18.3 Å². The second-order valence-corrected chi connectivity index (χ2v) is 12.7. The van der Waals surface area contributed by atoms with E-state index in [-0.39, 0.29) is 23.9 Å². The summed E-state index contributed by atoms with van der Waals surface area (Å²) in [6.45, 7) is 5.96. The highest BCUT2D eigenvalue weighted by atomic mass is 35.5. The van der Waals surface area contributed by atoms with Crippen molar-refractivity contribution in [2.24, 2.45) is 0 Å². The van der Waals surface area contributed by atoms with Gasteiger partial charge in [-0.3, -0.25) is 13.9 Å². The minimum absolute atomic E-state index is 0.104. The fourth-order valence-electron chi connectivity index (χ4n) is 4.52. The van der Waals surface area contributed by atoms with Crippen molar-refractivity contribution in [1.29, 1.82) is 0 Å². The number of rotatable bonds is 12. The molecule has 0 aliphatic heterocycles. The summed E-state index contributed by atoms with van der Waals surface area (Å²) in [5.41, 5.74) is -0.336. The van der Waals surface area contributed by atoms with Gasteiger partial charge in [-0.25, -0.2) is 8.42 Å². The number of aryl methyl sites for hydroxylation is 1. The molecule has 0 aliphatic rings. The van der Waals surface area contributed by atoms with Crippen LogP contribution in [-0.2, 0) is 32.3 Å². The zero-order valence-electron chi connectivity index (χ0n) is 25.0. The van der Waals surface area contributed by atoms with E-state index in [9.17, 15) is 31.2 Å². The third kappa shape index (κ3) is 8.44. The number of methoxy groups -OCH3 is 1. The molecule has 44 heavy (non-hydrogen) atoms. The lowest BCUT2D eigenvalue weighted by Gasteiger charge is -2.33. The van der Waals surface area contributed by atoms with Crippen LogP contribution in [0.15, 0.2) is 71.6 Å². The highest BCUT2D eigenvalue weighted by Crippen LogP contribution is 2.38. The number of ether oxygens (including phenoxy) is 1. The van der Waals surface area contributed by atoms with E-state index in [0.717, 1.165) is 17.7 Å². The molecule has 0 aliphatic carbocycles. The SMILES string of the molecule is CCC(C(=O)NC(C)C)N(Cc1cccc(OC)c1)C(=O)CN(c1ccc(Cl)c(C(F)(F)F)c1)S(=O)(=O)c1ccc(C)cc1. The summed E-state index contributed by atoms with van der Waals surface area (Å²) in [6, 6.07) is 13.8. The van der Waals surface area contributed by atoms with Gasteiger partial charge in [-0.1, -0.05) is 48.4 Å². The number of amides is 2. The van der Waals surface area contributed by atoms with Crippen LogP contribution >= 0.6 is 11.6 Å². The van der Waals surface area contributed by atoms with E-state index >= 15 is 0 Å². The number of carbonyl (C=O) groups excluding carboxylic acids is 2. The van der Waals surface area contributed by atoms with Gasteiger partial charge in [-0.05, 0) is 75.2 Å². The Morgan fingerprint density at radius 1 is 1.02 bits per heavy atom. The van der Waals surface area contributed by atoms with Crippen LogP contribution in [0.3, 0.4) is 0 Å². The maximum atomic E-state index is 14.1. The number of benzene rings is 3. The molecule has 3 aromatic carbocycles. The molecule has 1 atom stereocenters. The van der Waals surface area contributed by atoms with Crippen LogP contribution in [0, 0.1) is 6.92 Å². The number of hydrogen-bond donors (Lipinski definition) is 1. The van der Waals surface area contributed by atoms with Gasteiger partial charge in [0.15, 0.2) is 0 Å². The molecule has 0 radical (unpaired) electrons. The smallest absolute Gasteiger partial charge is 0.417 e. The average Bonchev–Trinajstić information content (AvgIpc) is 2.95. The molecule has 0 fully saturated rings. The van der Waals surface area contributed by atoms with Crippen molar-refractivity contribution in [3.05, 3.63) is 88.4 Å². The van der Waals surface area contributed by atoms with Crippen LogP contribution in [0.1, 0.15) is 43.9 Å². The molecule has 0 aromatic heterocycles. The van der Waals surface area contributed by atoms with Crippen LogP contribution in [0.5, 0.6) is 5.75 Å². The second kappa shape index (κ2) is 14.3. The molecule has 0 saturated heterocycles. The molecule has 3 aromatic rings. The summed E-state index contributed by atoms with van der Waals surface area (Å²) < 4.78 is 75.2. The minimum atomic E-state index is -4.89. The lowest BCUT2D eigenvalue weighted by Crippen LogP contribution is -2.53. The number of halogens is 4. The maximum Gasteiger partial charge on any atom is 0.417 e. The molecular weight excluding hydrogens is 619 g/mol. The molecule has 8 nitrogen and oxygen atoms in total. The number of anilines is 1. The molecule has 238 valence electrons. The quantitative estimate of drug-likeness (QED) is 0.251. The topological polar surface area (TPSA) is 96.0 Å². The molecular formula is C31H35ClF3N3O5S. The summed E-state index contributed by atoms with van der Waals surface area (Å²) in [5.74, 6) is -0.769. The monoisotopic (exact) mass is 653 g/mol. The van der Waals surface area contributed by atoms with Crippen molar-refractivity contribution in [1.82, 2.24) is 10.2 Å². The number of nitrogens with zero attached hydrogens (tertiary/aromatic N) is 2. The van der Waals surface area contributed by atoms with Crippen molar-refractivity contribution >= 4 is 39.1 Å². The Bertz CT molecular complexity index is 1580. The van der Waals surface area contributed by atoms with Crippen molar-refractivity contribution in [2.75, 3.05) is 18.0 Å². The largest absolute Gasteiger partial charge is 0.497 e. The van der Waals surface area contributed by atoms with E-state index < -0.39 is 56.9 Å². The Balaban J connectivity index is 2.16. The first-order chi connectivity index (χ1) is 20.6. The zero-order chi connectivity index (χ0) is 32.8. The van der Waals surface area contributed by atoms with Crippen molar-refractivity contribution in [2.45, 2.75) is 63.8 Å². The Morgan fingerprint density at radius 2 is 1.68 bits per heavy atom. The standard InChI is InChI=1S/C31H35ClF3N3O5S/c1-6-28(30(40)36-20(2)3)37(18-22-8-7-9-24(16-22)43-5)29(39)19-38(44(41,42)25-13-10-21(4)11-14-25)23-12-15-27(32)26(17-23)31(33,34)35/h7-17,20,28H,6,18-19H2,1-5H3,(H,36,40). The minimum Gasteiger partial charge on any atom is -0.497 e. The van der Waals surface area contributed by atoms with Gasteiger partial charge >= 0.3 is 6.18 Å². The van der Waals surface area contributed by atoms with E-state index in [1.165, 1.54) is 36.3 Å². The normalized spacial score (nSPS) is 12.5.